The van der Waals surface area contributed by atoms with E-state index in [4.69, 9.17) is 9.97 Å². The van der Waals surface area contributed by atoms with Gasteiger partial charge in [-0.3, -0.25) is 4.79 Å². The molecule has 0 saturated carbocycles. The summed E-state index contributed by atoms with van der Waals surface area (Å²) in [5, 5.41) is 8.57. The molecule has 3 aromatic heterocycles. The summed E-state index contributed by atoms with van der Waals surface area (Å²) in [5.74, 6) is 0.795. The van der Waals surface area contributed by atoms with Gasteiger partial charge in [0.15, 0.2) is 0 Å². The number of piperidine rings is 1. The summed E-state index contributed by atoms with van der Waals surface area (Å²) in [6.07, 6.45) is 2.05. The Balaban J connectivity index is 1.44. The van der Waals surface area contributed by atoms with E-state index in [9.17, 15) is 9.18 Å². The fraction of sp³-hybridized carbons (Fsp3) is 0.296. The highest BCUT2D eigenvalue weighted by Gasteiger charge is 2.25. The quantitative estimate of drug-likeness (QED) is 0.392. The van der Waals surface area contributed by atoms with E-state index in [1.54, 1.807) is 6.08 Å². The Bertz CT molecular complexity index is 1470. The van der Waals surface area contributed by atoms with Crippen LogP contribution in [-0.2, 0) is 0 Å². The molecular formula is C27H26FN5OS. The van der Waals surface area contributed by atoms with Gasteiger partial charge in [-0.25, -0.2) is 14.4 Å². The Hall–Kier alpha value is -3.52. The molecule has 6 nitrogen and oxygen atoms in total. The third-order valence-electron chi connectivity index (χ3n) is 6.78. The Kier molecular flexibility index (Phi) is 5.40. The molecule has 2 N–H and O–H groups in total. The second-order valence-electron chi connectivity index (χ2n) is 9.27. The highest BCUT2D eigenvalue weighted by molar-refractivity contribution is 7.21. The molecule has 0 aliphatic carbocycles. The summed E-state index contributed by atoms with van der Waals surface area (Å²) in [6, 6.07) is 12.2. The van der Waals surface area contributed by atoms with Gasteiger partial charge < -0.3 is 15.5 Å². The molecule has 1 saturated heterocycles. The number of carbonyl (C=O) groups excluding carboxylic acids is 1. The summed E-state index contributed by atoms with van der Waals surface area (Å²) in [4.78, 5) is 25.3. The van der Waals surface area contributed by atoms with Crippen molar-refractivity contribution in [3.8, 4) is 11.3 Å². The number of carbonyl (C=O) groups is 1. The normalized spacial score (nSPS) is 18.7. The van der Waals surface area contributed by atoms with Gasteiger partial charge in [-0.15, -0.1) is 11.3 Å². The first-order valence-electron chi connectivity index (χ1n) is 11.9. The highest BCUT2D eigenvalue weighted by atomic mass is 32.1. The van der Waals surface area contributed by atoms with Crippen molar-refractivity contribution in [1.82, 2.24) is 15.3 Å². The van der Waals surface area contributed by atoms with E-state index in [1.165, 1.54) is 11.3 Å². The Labute approximate surface area is 206 Å². The van der Waals surface area contributed by atoms with Crippen LogP contribution in [0, 0.1) is 0 Å². The number of pyridine rings is 2. The Morgan fingerprint density at radius 1 is 1.17 bits per heavy atom. The van der Waals surface area contributed by atoms with Crippen molar-refractivity contribution in [3.63, 3.8) is 0 Å². The van der Waals surface area contributed by atoms with Crippen LogP contribution in [0.3, 0.4) is 0 Å². The van der Waals surface area contributed by atoms with Gasteiger partial charge in [-0.1, -0.05) is 6.58 Å². The molecule has 0 spiro atoms. The summed E-state index contributed by atoms with van der Waals surface area (Å²) < 4.78 is 14.7. The lowest BCUT2D eigenvalue weighted by Gasteiger charge is -2.30. The smallest absolute Gasteiger partial charge is 0.263 e. The van der Waals surface area contributed by atoms with Crippen LogP contribution in [0.15, 0.2) is 43.0 Å². The molecular weight excluding hydrogens is 461 g/mol. The zero-order valence-corrected chi connectivity index (χ0v) is 20.3. The number of halogens is 1. The first kappa shape index (κ1) is 22.0. The lowest BCUT2D eigenvalue weighted by Crippen LogP contribution is -2.35. The molecule has 5 heterocycles. The van der Waals surface area contributed by atoms with Crippen molar-refractivity contribution >= 4 is 55.8 Å². The van der Waals surface area contributed by atoms with Crippen LogP contribution in [0.2, 0.25) is 0 Å². The van der Waals surface area contributed by atoms with Crippen molar-refractivity contribution in [2.24, 2.45) is 0 Å². The van der Waals surface area contributed by atoms with Gasteiger partial charge >= 0.3 is 0 Å². The molecule has 0 bridgehead atoms. The van der Waals surface area contributed by atoms with Crippen LogP contribution in [0.25, 0.3) is 38.3 Å². The van der Waals surface area contributed by atoms with Crippen molar-refractivity contribution in [1.29, 1.82) is 0 Å². The van der Waals surface area contributed by atoms with Crippen molar-refractivity contribution in [2.75, 3.05) is 29.9 Å². The minimum atomic E-state index is -0.733. The SMILES string of the molecule is C=Cc1cc(-c2ccc3c(ccc4sc5c(c43)NC[C@@H](C)NC5=O)n2)cc(N2CCC(F)CC2)n1. The molecule has 6 rings (SSSR count). The van der Waals surface area contributed by atoms with Gasteiger partial charge in [0.2, 0.25) is 0 Å². The minimum absolute atomic E-state index is 0.0329. The molecule has 1 fully saturated rings. The number of aromatic nitrogens is 2. The van der Waals surface area contributed by atoms with Crippen molar-refractivity contribution in [3.05, 3.63) is 53.5 Å². The number of alkyl halides is 1. The maximum atomic E-state index is 13.7. The topological polar surface area (TPSA) is 70.2 Å². The molecule has 4 aromatic rings. The molecule has 35 heavy (non-hydrogen) atoms. The molecule has 1 amide bonds. The lowest BCUT2D eigenvalue weighted by molar-refractivity contribution is 0.0949. The number of fused-ring (bicyclic) bond motifs is 5. The fourth-order valence-corrected chi connectivity index (χ4v) is 6.01. The average Bonchev–Trinajstić information content (AvgIpc) is 3.20. The molecule has 1 atom stereocenters. The third-order valence-corrected chi connectivity index (χ3v) is 7.93. The zero-order valence-electron chi connectivity index (χ0n) is 19.5. The van der Waals surface area contributed by atoms with Crippen LogP contribution < -0.4 is 15.5 Å². The number of benzene rings is 1. The highest BCUT2D eigenvalue weighted by Crippen LogP contribution is 2.41. The molecule has 8 heteroatoms. The van der Waals surface area contributed by atoms with Gasteiger partial charge in [0.05, 0.1) is 22.6 Å². The molecule has 178 valence electrons. The first-order valence-corrected chi connectivity index (χ1v) is 12.8. The fourth-order valence-electron chi connectivity index (χ4n) is 4.91. The van der Waals surface area contributed by atoms with Crippen LogP contribution in [0.4, 0.5) is 15.9 Å². The van der Waals surface area contributed by atoms with E-state index in [1.807, 2.05) is 37.3 Å². The van der Waals surface area contributed by atoms with Crippen molar-refractivity contribution in [2.45, 2.75) is 32.0 Å². The predicted molar refractivity (Wildman–Crippen MR) is 142 cm³/mol. The van der Waals surface area contributed by atoms with E-state index >= 15 is 0 Å². The number of rotatable bonds is 3. The molecule has 2 aliphatic heterocycles. The van der Waals surface area contributed by atoms with Crippen LogP contribution >= 0.6 is 11.3 Å². The standard InChI is InChI=1S/C27H26FN5OS/c1-3-18-12-16(13-23(31-18)33-10-8-17(28)9-11-33)20-5-4-19-21(32-20)6-7-22-24(19)25-26(35-22)27(34)30-15(2)14-29-25/h3-7,12-13,15,17,29H,1,8-11,14H2,2H3,(H,30,34)/t15-/m1/s1. The predicted octanol–water partition coefficient (Wildman–Crippen LogP) is 5.64. The number of nitrogens with one attached hydrogen (secondary N) is 2. The summed E-state index contributed by atoms with van der Waals surface area (Å²) >= 11 is 1.51. The largest absolute Gasteiger partial charge is 0.381 e. The van der Waals surface area contributed by atoms with Crippen molar-refractivity contribution < 1.29 is 9.18 Å². The maximum Gasteiger partial charge on any atom is 0.263 e. The summed E-state index contributed by atoms with van der Waals surface area (Å²) in [7, 11) is 0. The number of anilines is 2. The molecule has 0 unspecified atom stereocenters. The van der Waals surface area contributed by atoms with Crippen LogP contribution in [0.5, 0.6) is 0 Å². The van der Waals surface area contributed by atoms with Crippen LogP contribution in [0.1, 0.15) is 35.1 Å². The monoisotopic (exact) mass is 487 g/mol. The third kappa shape index (κ3) is 3.91. The van der Waals surface area contributed by atoms with Gasteiger partial charge in [0.25, 0.3) is 5.91 Å². The lowest BCUT2D eigenvalue weighted by atomic mass is 10.1. The number of nitrogens with zero attached hydrogens (tertiary/aromatic N) is 3. The first-order chi connectivity index (χ1) is 17.0. The number of thiophene rings is 1. The Morgan fingerprint density at radius 2 is 2.00 bits per heavy atom. The number of amides is 1. The molecule has 1 aromatic carbocycles. The second-order valence-corrected chi connectivity index (χ2v) is 10.3. The molecule has 0 radical (unpaired) electrons. The van der Waals surface area contributed by atoms with Gasteiger partial charge in [-0.05, 0) is 62.2 Å². The summed E-state index contributed by atoms with van der Waals surface area (Å²) in [5.41, 5.74) is 4.31. The van der Waals surface area contributed by atoms with Crippen LogP contribution in [-0.4, -0.2) is 47.7 Å². The molecule has 2 aliphatic rings. The van der Waals surface area contributed by atoms with Gasteiger partial charge in [0, 0.05) is 46.7 Å². The number of hydrogen-bond acceptors (Lipinski definition) is 6. The minimum Gasteiger partial charge on any atom is -0.381 e. The summed E-state index contributed by atoms with van der Waals surface area (Å²) in [6.45, 7) is 7.88. The van der Waals surface area contributed by atoms with E-state index < -0.39 is 6.17 Å². The van der Waals surface area contributed by atoms with E-state index in [0.29, 0.717) is 37.4 Å². The number of hydrogen-bond donors (Lipinski definition) is 2. The average molecular weight is 488 g/mol. The Morgan fingerprint density at radius 3 is 2.80 bits per heavy atom. The van der Waals surface area contributed by atoms with Gasteiger partial charge in [0.1, 0.15) is 16.9 Å². The van der Waals surface area contributed by atoms with E-state index in [0.717, 1.165) is 49.4 Å². The second kappa shape index (κ2) is 8.61. The van der Waals surface area contributed by atoms with Gasteiger partial charge in [-0.2, -0.15) is 0 Å². The van der Waals surface area contributed by atoms with E-state index in [2.05, 4.69) is 28.2 Å². The maximum absolute atomic E-state index is 13.7. The van der Waals surface area contributed by atoms with E-state index in [-0.39, 0.29) is 11.9 Å². The zero-order chi connectivity index (χ0) is 24.1.